The topological polar surface area (TPSA) is 81.4 Å². The molecule has 1 N–H and O–H groups in total. The highest BCUT2D eigenvalue weighted by Crippen LogP contribution is 2.38. The summed E-state index contributed by atoms with van der Waals surface area (Å²) < 4.78 is 10.6. The van der Waals surface area contributed by atoms with Crippen LogP contribution < -0.4 is 5.32 Å². The monoisotopic (exact) mass is 446 g/mol. The van der Waals surface area contributed by atoms with Crippen LogP contribution in [0.4, 0.5) is 5.00 Å². The molecule has 0 unspecified atom stereocenters. The Morgan fingerprint density at radius 2 is 1.94 bits per heavy atom. The number of benzene rings is 1. The van der Waals surface area contributed by atoms with E-state index in [0.29, 0.717) is 33.1 Å². The lowest BCUT2D eigenvalue weighted by molar-refractivity contribution is 0.0601. The molecule has 1 aromatic carbocycles. The van der Waals surface area contributed by atoms with E-state index >= 15 is 0 Å². The molecule has 1 aliphatic rings. The number of esters is 1. The lowest BCUT2D eigenvalue weighted by Crippen LogP contribution is -2.15. The van der Waals surface area contributed by atoms with E-state index in [0.717, 1.165) is 47.9 Å². The van der Waals surface area contributed by atoms with Gasteiger partial charge in [0.15, 0.2) is 5.76 Å². The highest BCUT2D eigenvalue weighted by Gasteiger charge is 2.27. The van der Waals surface area contributed by atoms with Crippen LogP contribution in [0.3, 0.4) is 0 Å². The minimum Gasteiger partial charge on any atom is -0.465 e. The number of aryl methyl sites for hydroxylation is 1. The minimum absolute atomic E-state index is 0.294. The fraction of sp³-hybridized carbons (Fsp3) is 0.240. The third-order valence-electron chi connectivity index (χ3n) is 5.77. The molecule has 0 aliphatic heterocycles. The number of aromatic nitrogens is 1. The third kappa shape index (κ3) is 3.69. The van der Waals surface area contributed by atoms with Crippen LogP contribution >= 0.6 is 11.3 Å². The van der Waals surface area contributed by atoms with Crippen LogP contribution in [0.5, 0.6) is 0 Å². The second-order valence-electron chi connectivity index (χ2n) is 7.76. The number of rotatable bonds is 4. The fourth-order valence-corrected chi connectivity index (χ4v) is 5.51. The van der Waals surface area contributed by atoms with E-state index in [1.54, 1.807) is 18.4 Å². The van der Waals surface area contributed by atoms with Crippen LogP contribution in [-0.4, -0.2) is 24.0 Å². The second kappa shape index (κ2) is 8.59. The summed E-state index contributed by atoms with van der Waals surface area (Å²) in [6.45, 7) is 0. The van der Waals surface area contributed by atoms with E-state index in [-0.39, 0.29) is 5.91 Å². The summed E-state index contributed by atoms with van der Waals surface area (Å²) >= 11 is 1.48. The Morgan fingerprint density at radius 3 is 2.75 bits per heavy atom. The summed E-state index contributed by atoms with van der Waals surface area (Å²) in [6.07, 6.45) is 6.58. The average Bonchev–Trinajstić information content (AvgIpc) is 3.41. The van der Waals surface area contributed by atoms with E-state index in [4.69, 9.17) is 9.15 Å². The number of nitrogens with zero attached hydrogens (tertiary/aromatic N) is 1. The molecule has 32 heavy (non-hydrogen) atoms. The molecule has 162 valence electrons. The van der Waals surface area contributed by atoms with Crippen molar-refractivity contribution in [3.63, 3.8) is 0 Å². The van der Waals surface area contributed by atoms with Crippen LogP contribution in [0.25, 0.3) is 22.4 Å². The number of hydrogen-bond donors (Lipinski definition) is 1. The van der Waals surface area contributed by atoms with Gasteiger partial charge in [0.25, 0.3) is 5.91 Å². The van der Waals surface area contributed by atoms with E-state index in [1.165, 1.54) is 18.4 Å². The summed E-state index contributed by atoms with van der Waals surface area (Å²) in [7, 11) is 1.38. The first kappa shape index (κ1) is 20.5. The Kier molecular flexibility index (Phi) is 5.49. The molecule has 1 aliphatic carbocycles. The number of thiophene rings is 1. The van der Waals surface area contributed by atoms with Crippen molar-refractivity contribution in [2.24, 2.45) is 0 Å². The maximum atomic E-state index is 13.5. The molecule has 5 rings (SSSR count). The van der Waals surface area contributed by atoms with Crippen LogP contribution in [0.2, 0.25) is 0 Å². The van der Waals surface area contributed by atoms with Gasteiger partial charge in [-0.2, -0.15) is 0 Å². The van der Waals surface area contributed by atoms with Crippen molar-refractivity contribution < 1.29 is 18.7 Å². The van der Waals surface area contributed by atoms with Gasteiger partial charge in [-0.25, -0.2) is 9.78 Å². The number of hydrogen-bond acceptors (Lipinski definition) is 6. The summed E-state index contributed by atoms with van der Waals surface area (Å²) in [5.74, 6) is -0.114. The fourth-order valence-electron chi connectivity index (χ4n) is 4.23. The van der Waals surface area contributed by atoms with Crippen molar-refractivity contribution in [1.82, 2.24) is 4.98 Å². The van der Waals surface area contributed by atoms with E-state index in [1.807, 2.05) is 30.3 Å². The standard InChI is InChI=1S/C25H22N2O4S/c1-30-25(29)22-16-9-3-2-4-12-21(16)32-24(22)27-23(28)17-14-19(20-11-7-13-31-20)26-18-10-6-5-8-15(17)18/h5-8,10-11,13-14H,2-4,9,12H2,1H3,(H,27,28). The Morgan fingerprint density at radius 1 is 1.09 bits per heavy atom. The number of amides is 1. The molecular formula is C25H22N2O4S. The van der Waals surface area contributed by atoms with Crippen molar-refractivity contribution in [3.05, 3.63) is 70.3 Å². The lowest BCUT2D eigenvalue weighted by Gasteiger charge is -2.10. The first-order valence-electron chi connectivity index (χ1n) is 10.6. The molecule has 6 nitrogen and oxygen atoms in total. The maximum Gasteiger partial charge on any atom is 0.341 e. The van der Waals surface area contributed by atoms with Crippen molar-refractivity contribution in [1.29, 1.82) is 0 Å². The van der Waals surface area contributed by atoms with Gasteiger partial charge in [-0.05, 0) is 55.5 Å². The molecule has 7 heteroatoms. The van der Waals surface area contributed by atoms with Gasteiger partial charge in [0.05, 0.1) is 30.0 Å². The smallest absolute Gasteiger partial charge is 0.341 e. The molecule has 0 spiro atoms. The maximum absolute atomic E-state index is 13.5. The molecule has 0 atom stereocenters. The van der Waals surface area contributed by atoms with E-state index in [9.17, 15) is 9.59 Å². The number of furan rings is 1. The summed E-state index contributed by atoms with van der Waals surface area (Å²) in [5, 5.41) is 4.29. The second-order valence-corrected chi connectivity index (χ2v) is 8.87. The predicted molar refractivity (Wildman–Crippen MR) is 124 cm³/mol. The zero-order chi connectivity index (χ0) is 22.1. The first-order valence-corrected chi connectivity index (χ1v) is 11.4. The molecular weight excluding hydrogens is 424 g/mol. The molecule has 0 bridgehead atoms. The van der Waals surface area contributed by atoms with E-state index in [2.05, 4.69) is 10.3 Å². The van der Waals surface area contributed by atoms with Gasteiger partial charge in [0, 0.05) is 10.3 Å². The van der Waals surface area contributed by atoms with Crippen molar-refractivity contribution in [2.75, 3.05) is 12.4 Å². The molecule has 3 heterocycles. The number of para-hydroxylation sites is 1. The number of pyridine rings is 1. The Hall–Kier alpha value is -3.45. The number of carbonyl (C=O) groups is 2. The Labute approximate surface area is 189 Å². The van der Waals surface area contributed by atoms with Gasteiger partial charge >= 0.3 is 5.97 Å². The Bertz CT molecular complexity index is 1310. The largest absolute Gasteiger partial charge is 0.465 e. The highest BCUT2D eigenvalue weighted by molar-refractivity contribution is 7.17. The van der Waals surface area contributed by atoms with Crippen LogP contribution in [0.15, 0.2) is 53.1 Å². The first-order chi connectivity index (χ1) is 15.7. The van der Waals surface area contributed by atoms with Crippen molar-refractivity contribution in [2.45, 2.75) is 32.1 Å². The van der Waals surface area contributed by atoms with Gasteiger partial charge in [-0.3, -0.25) is 4.79 Å². The van der Waals surface area contributed by atoms with Gasteiger partial charge in [-0.15, -0.1) is 11.3 Å². The number of ether oxygens (including phenoxy) is 1. The van der Waals surface area contributed by atoms with Gasteiger partial charge < -0.3 is 14.5 Å². The van der Waals surface area contributed by atoms with Gasteiger partial charge in [0.2, 0.25) is 0 Å². The number of methoxy groups -OCH3 is 1. The highest BCUT2D eigenvalue weighted by atomic mass is 32.1. The molecule has 0 saturated heterocycles. The van der Waals surface area contributed by atoms with Crippen molar-refractivity contribution >= 4 is 39.1 Å². The summed E-state index contributed by atoms with van der Waals surface area (Å²) in [5.41, 5.74) is 3.26. The molecule has 0 fully saturated rings. The zero-order valence-corrected chi connectivity index (χ0v) is 18.5. The number of nitrogens with one attached hydrogen (secondary N) is 1. The SMILES string of the molecule is COC(=O)c1c(NC(=O)c2cc(-c3ccco3)nc3ccccc23)sc2c1CCCCC2. The number of fused-ring (bicyclic) bond motifs is 2. The molecule has 0 radical (unpaired) electrons. The Balaban J connectivity index is 1.58. The third-order valence-corrected chi connectivity index (χ3v) is 6.98. The minimum atomic E-state index is -0.407. The lowest BCUT2D eigenvalue weighted by atomic mass is 10.0. The van der Waals surface area contributed by atoms with Crippen LogP contribution in [0, 0.1) is 0 Å². The van der Waals surface area contributed by atoms with Crippen LogP contribution in [0.1, 0.15) is 50.4 Å². The summed E-state index contributed by atoms with van der Waals surface area (Å²) in [6, 6.07) is 12.8. The zero-order valence-electron chi connectivity index (χ0n) is 17.6. The summed E-state index contributed by atoms with van der Waals surface area (Å²) in [4.78, 5) is 31.9. The molecule has 4 aromatic rings. The molecule has 1 amide bonds. The molecule has 0 saturated carbocycles. The van der Waals surface area contributed by atoms with Crippen LogP contribution in [-0.2, 0) is 17.6 Å². The normalized spacial score (nSPS) is 13.4. The average molecular weight is 447 g/mol. The van der Waals surface area contributed by atoms with Crippen molar-refractivity contribution in [3.8, 4) is 11.5 Å². The van der Waals surface area contributed by atoms with Gasteiger partial charge in [0.1, 0.15) is 10.7 Å². The predicted octanol–water partition coefficient (Wildman–Crippen LogP) is 5.86. The number of carbonyl (C=O) groups excluding carboxylic acids is 2. The van der Waals surface area contributed by atoms with Gasteiger partial charge in [-0.1, -0.05) is 24.6 Å². The quantitative estimate of drug-likeness (QED) is 0.313. The molecule has 3 aromatic heterocycles. The number of anilines is 1. The van der Waals surface area contributed by atoms with E-state index < -0.39 is 5.97 Å².